The number of nitrogens with zero attached hydrogens (tertiary/aromatic N) is 1. The molecule has 0 amide bonds. The van der Waals surface area contributed by atoms with Crippen molar-refractivity contribution in [2.24, 2.45) is 40.4 Å². The summed E-state index contributed by atoms with van der Waals surface area (Å²) in [7, 11) is 0. The van der Waals surface area contributed by atoms with E-state index in [4.69, 9.17) is 0 Å². The van der Waals surface area contributed by atoms with Crippen molar-refractivity contribution in [3.05, 3.63) is 0 Å². The highest BCUT2D eigenvalue weighted by molar-refractivity contribution is 5.87. The average molecular weight is 299 g/mol. The Bertz CT molecular complexity index is 534. The zero-order chi connectivity index (χ0) is 15.5. The molecule has 0 unspecified atom stereocenters. The number of rotatable bonds is 0. The van der Waals surface area contributed by atoms with Gasteiger partial charge in [-0.25, -0.2) is 0 Å². The average Bonchev–Trinajstić information content (AvgIpc) is 2.82. The van der Waals surface area contributed by atoms with E-state index in [1.807, 2.05) is 0 Å². The van der Waals surface area contributed by atoms with Gasteiger partial charge in [0, 0.05) is 17.8 Å². The Kier molecular flexibility index (Phi) is 3.23. The fraction of sp³-hybridized carbons (Fsp3) is 0.900. The van der Waals surface area contributed by atoms with Gasteiger partial charge in [0.2, 0.25) is 0 Å². The summed E-state index contributed by atoms with van der Waals surface area (Å²) in [5, 5.41) is 9.30. The summed E-state index contributed by atoms with van der Waals surface area (Å²) in [6.45, 7) is 4.80. The Morgan fingerprint density at radius 2 is 1.86 bits per heavy atom. The first kappa shape index (κ1) is 14.7. The summed E-state index contributed by atoms with van der Waals surface area (Å²) < 4.78 is 0. The smallest absolute Gasteiger partial charge is 0.139 e. The van der Waals surface area contributed by atoms with Crippen molar-refractivity contribution in [3.63, 3.8) is 0 Å². The van der Waals surface area contributed by atoms with Crippen molar-refractivity contribution >= 4 is 5.78 Å². The molecule has 0 N–H and O–H groups in total. The van der Waals surface area contributed by atoms with Crippen LogP contribution in [-0.4, -0.2) is 5.78 Å². The van der Waals surface area contributed by atoms with Crippen LogP contribution < -0.4 is 0 Å². The SMILES string of the molecule is C[C@]12CC[C@H](C#N)C[C@@H]1CC[C@H]1[C@H]2CC[C@@]2(C)C(=O)CC[C@H]12. The number of nitriles is 1. The Labute approximate surface area is 134 Å². The molecule has 0 saturated heterocycles. The Morgan fingerprint density at radius 3 is 2.64 bits per heavy atom. The van der Waals surface area contributed by atoms with Gasteiger partial charge in [-0.05, 0) is 80.5 Å². The highest BCUT2D eigenvalue weighted by Gasteiger charge is 2.60. The van der Waals surface area contributed by atoms with Crippen molar-refractivity contribution in [2.45, 2.75) is 71.6 Å². The monoisotopic (exact) mass is 299 g/mol. The Morgan fingerprint density at radius 1 is 1.05 bits per heavy atom. The third-order valence-corrected chi connectivity index (χ3v) is 8.56. The van der Waals surface area contributed by atoms with E-state index in [0.717, 1.165) is 49.9 Å². The molecule has 0 aromatic rings. The minimum Gasteiger partial charge on any atom is -0.299 e. The van der Waals surface area contributed by atoms with Crippen molar-refractivity contribution in [3.8, 4) is 6.07 Å². The second kappa shape index (κ2) is 4.83. The fourth-order valence-electron chi connectivity index (χ4n) is 7.15. The molecule has 0 bridgehead atoms. The minimum atomic E-state index is 0.00815. The quantitative estimate of drug-likeness (QED) is 0.648. The Balaban J connectivity index is 1.62. The lowest BCUT2D eigenvalue weighted by atomic mass is 9.45. The minimum absolute atomic E-state index is 0.00815. The molecule has 120 valence electrons. The lowest BCUT2D eigenvalue weighted by molar-refractivity contribution is -0.139. The first-order chi connectivity index (χ1) is 10.5. The molecule has 0 aromatic heterocycles. The number of Topliss-reactive ketones (excluding diaryl/α,β-unsaturated/α-hetero) is 1. The van der Waals surface area contributed by atoms with Gasteiger partial charge in [0.25, 0.3) is 0 Å². The third-order valence-electron chi connectivity index (χ3n) is 8.56. The zero-order valence-electron chi connectivity index (χ0n) is 14.1. The molecule has 4 aliphatic rings. The molecule has 0 radical (unpaired) electrons. The maximum Gasteiger partial charge on any atom is 0.139 e. The molecular weight excluding hydrogens is 270 g/mol. The van der Waals surface area contributed by atoms with Crippen molar-refractivity contribution in [1.82, 2.24) is 0 Å². The van der Waals surface area contributed by atoms with Crippen LogP contribution in [-0.2, 0) is 4.79 Å². The molecule has 4 saturated carbocycles. The molecule has 4 rings (SSSR count). The summed E-state index contributed by atoms with van der Waals surface area (Å²) in [6, 6.07) is 2.53. The van der Waals surface area contributed by atoms with Gasteiger partial charge < -0.3 is 0 Å². The molecule has 7 atom stereocenters. The molecule has 4 aliphatic carbocycles. The van der Waals surface area contributed by atoms with Crippen LogP contribution in [0.2, 0.25) is 0 Å². The molecule has 0 aromatic carbocycles. The predicted molar refractivity (Wildman–Crippen MR) is 85.8 cm³/mol. The number of fused-ring (bicyclic) bond motifs is 5. The van der Waals surface area contributed by atoms with E-state index >= 15 is 0 Å². The fourth-order valence-corrected chi connectivity index (χ4v) is 7.15. The summed E-state index contributed by atoms with van der Waals surface area (Å²) >= 11 is 0. The molecule has 2 heteroatoms. The summed E-state index contributed by atoms with van der Waals surface area (Å²) in [4.78, 5) is 12.4. The van der Waals surface area contributed by atoms with Gasteiger partial charge >= 0.3 is 0 Å². The van der Waals surface area contributed by atoms with E-state index in [9.17, 15) is 10.1 Å². The predicted octanol–water partition coefficient (Wildman–Crippen LogP) is 4.74. The van der Waals surface area contributed by atoms with E-state index in [0.29, 0.717) is 23.0 Å². The molecule has 0 aliphatic heterocycles. The maximum atomic E-state index is 12.4. The van der Waals surface area contributed by atoms with Crippen LogP contribution in [0.1, 0.15) is 71.6 Å². The molecule has 0 heterocycles. The van der Waals surface area contributed by atoms with E-state index in [-0.39, 0.29) is 5.41 Å². The molecule has 4 fully saturated rings. The summed E-state index contributed by atoms with van der Waals surface area (Å²) in [6.07, 6.45) is 10.5. The third kappa shape index (κ3) is 1.81. The molecule has 2 nitrogen and oxygen atoms in total. The standard InChI is InChI=1S/C20H29NO/c1-19-9-7-13(12-21)11-14(19)3-4-15-16-5-6-18(22)20(16,2)10-8-17(15)19/h13-17H,3-11H2,1-2H3/t13-,14-,15+,16+,17+,19-,20+/m0/s1. The van der Waals surface area contributed by atoms with Crippen LogP contribution in [0.15, 0.2) is 0 Å². The van der Waals surface area contributed by atoms with Gasteiger partial charge in [0.15, 0.2) is 0 Å². The lowest BCUT2D eigenvalue weighted by Gasteiger charge is -2.60. The van der Waals surface area contributed by atoms with E-state index in [1.165, 1.54) is 25.7 Å². The van der Waals surface area contributed by atoms with Gasteiger partial charge in [0.1, 0.15) is 5.78 Å². The van der Waals surface area contributed by atoms with Crippen molar-refractivity contribution in [2.75, 3.05) is 0 Å². The topological polar surface area (TPSA) is 40.9 Å². The summed E-state index contributed by atoms with van der Waals surface area (Å²) in [5.41, 5.74) is 0.456. The molecular formula is C20H29NO. The van der Waals surface area contributed by atoms with Crippen LogP contribution in [0.25, 0.3) is 0 Å². The van der Waals surface area contributed by atoms with E-state index in [1.54, 1.807) is 0 Å². The second-order valence-corrected chi connectivity index (χ2v) is 9.18. The number of carbonyl (C=O) groups is 1. The van der Waals surface area contributed by atoms with Gasteiger partial charge in [-0.2, -0.15) is 5.26 Å². The van der Waals surface area contributed by atoms with Crippen LogP contribution >= 0.6 is 0 Å². The van der Waals surface area contributed by atoms with Gasteiger partial charge in [-0.3, -0.25) is 4.79 Å². The van der Waals surface area contributed by atoms with E-state index < -0.39 is 0 Å². The number of ketones is 1. The van der Waals surface area contributed by atoms with Gasteiger partial charge in [0.05, 0.1) is 6.07 Å². The molecule has 22 heavy (non-hydrogen) atoms. The largest absolute Gasteiger partial charge is 0.299 e. The van der Waals surface area contributed by atoms with Crippen LogP contribution in [0, 0.1) is 51.8 Å². The normalized spacial score (nSPS) is 54.0. The van der Waals surface area contributed by atoms with Crippen LogP contribution in [0.3, 0.4) is 0 Å². The van der Waals surface area contributed by atoms with Gasteiger partial charge in [-0.1, -0.05) is 13.8 Å². The van der Waals surface area contributed by atoms with Gasteiger partial charge in [-0.15, -0.1) is 0 Å². The maximum absolute atomic E-state index is 12.4. The van der Waals surface area contributed by atoms with Crippen LogP contribution in [0.4, 0.5) is 0 Å². The Hall–Kier alpha value is -0.840. The van der Waals surface area contributed by atoms with Crippen molar-refractivity contribution < 1.29 is 4.79 Å². The summed E-state index contributed by atoms with van der Waals surface area (Å²) in [5.74, 6) is 3.87. The highest BCUT2D eigenvalue weighted by atomic mass is 16.1. The zero-order valence-corrected chi connectivity index (χ0v) is 14.1. The number of hydrogen-bond donors (Lipinski definition) is 0. The lowest BCUT2D eigenvalue weighted by Crippen LogP contribution is -2.53. The first-order valence-corrected chi connectivity index (χ1v) is 9.42. The second-order valence-electron chi connectivity index (χ2n) is 9.18. The van der Waals surface area contributed by atoms with E-state index in [2.05, 4.69) is 19.9 Å². The van der Waals surface area contributed by atoms with Crippen LogP contribution in [0.5, 0.6) is 0 Å². The molecule has 0 spiro atoms. The number of carbonyl (C=O) groups excluding carboxylic acids is 1. The highest BCUT2D eigenvalue weighted by Crippen LogP contribution is 2.65. The first-order valence-electron chi connectivity index (χ1n) is 9.42. The number of hydrogen-bond acceptors (Lipinski definition) is 2. The van der Waals surface area contributed by atoms with Crippen molar-refractivity contribution in [1.29, 1.82) is 5.26 Å².